The molecule has 148 valence electrons. The van der Waals surface area contributed by atoms with Crippen LogP contribution in [0.2, 0.25) is 0 Å². The molecule has 1 amide bonds. The molecule has 6 nitrogen and oxygen atoms in total. The zero-order chi connectivity index (χ0) is 20.6. The summed E-state index contributed by atoms with van der Waals surface area (Å²) in [7, 11) is 1.33. The summed E-state index contributed by atoms with van der Waals surface area (Å²) >= 11 is 0. The van der Waals surface area contributed by atoms with Crippen LogP contribution in [0.3, 0.4) is 0 Å². The summed E-state index contributed by atoms with van der Waals surface area (Å²) in [5, 5.41) is 5.89. The third-order valence-corrected chi connectivity index (χ3v) is 4.19. The van der Waals surface area contributed by atoms with Gasteiger partial charge in [0.05, 0.1) is 18.2 Å². The standard InChI is InChI=1S/C22H20FN3O3/c1-29-22(28)16-3-2-4-19(13-16)26-20-10-7-17(14-25-20)21(27)24-12-11-15-5-8-18(23)9-6-15/h2-10,13-14H,11-12H2,1H3,(H,24,27)(H,25,26). The topological polar surface area (TPSA) is 80.3 Å². The number of pyridine rings is 1. The average Bonchev–Trinajstić information content (AvgIpc) is 2.75. The third-order valence-electron chi connectivity index (χ3n) is 4.19. The molecule has 2 aromatic carbocycles. The lowest BCUT2D eigenvalue weighted by molar-refractivity contribution is 0.0600. The minimum atomic E-state index is -0.422. The summed E-state index contributed by atoms with van der Waals surface area (Å²) in [5.74, 6) is -0.405. The highest BCUT2D eigenvalue weighted by Gasteiger charge is 2.08. The van der Waals surface area contributed by atoms with Gasteiger partial charge in [-0.3, -0.25) is 4.79 Å². The Hall–Kier alpha value is -3.74. The molecule has 0 saturated heterocycles. The fraction of sp³-hybridized carbons (Fsp3) is 0.136. The van der Waals surface area contributed by atoms with E-state index in [1.54, 1.807) is 48.5 Å². The van der Waals surface area contributed by atoms with E-state index >= 15 is 0 Å². The van der Waals surface area contributed by atoms with E-state index in [4.69, 9.17) is 4.74 Å². The second-order valence-electron chi connectivity index (χ2n) is 6.26. The molecule has 0 saturated carbocycles. The first-order valence-corrected chi connectivity index (χ1v) is 8.99. The number of hydrogen-bond donors (Lipinski definition) is 2. The van der Waals surface area contributed by atoms with Gasteiger partial charge in [0.25, 0.3) is 5.91 Å². The van der Waals surface area contributed by atoms with Crippen molar-refractivity contribution in [2.75, 3.05) is 19.0 Å². The van der Waals surface area contributed by atoms with Gasteiger partial charge in [0.15, 0.2) is 0 Å². The SMILES string of the molecule is COC(=O)c1cccc(Nc2ccc(C(=O)NCCc3ccc(F)cc3)cn2)c1. The molecule has 0 bridgehead atoms. The van der Waals surface area contributed by atoms with E-state index in [0.29, 0.717) is 35.6 Å². The number of nitrogens with one attached hydrogen (secondary N) is 2. The number of methoxy groups -OCH3 is 1. The molecule has 7 heteroatoms. The molecule has 0 unspecified atom stereocenters. The molecule has 0 spiro atoms. The zero-order valence-corrected chi connectivity index (χ0v) is 15.8. The van der Waals surface area contributed by atoms with Gasteiger partial charge < -0.3 is 15.4 Å². The monoisotopic (exact) mass is 393 g/mol. The first-order chi connectivity index (χ1) is 14.0. The van der Waals surface area contributed by atoms with Crippen LogP contribution in [0.25, 0.3) is 0 Å². The van der Waals surface area contributed by atoms with Crippen molar-refractivity contribution in [2.24, 2.45) is 0 Å². The van der Waals surface area contributed by atoms with E-state index in [-0.39, 0.29) is 11.7 Å². The molecule has 1 aromatic heterocycles. The molecule has 0 aliphatic carbocycles. The molecule has 3 aromatic rings. The molecule has 3 rings (SSSR count). The lowest BCUT2D eigenvalue weighted by Gasteiger charge is -2.08. The molecule has 0 atom stereocenters. The van der Waals surface area contributed by atoms with Crippen LogP contribution in [0.15, 0.2) is 66.9 Å². The number of amides is 1. The smallest absolute Gasteiger partial charge is 0.337 e. The van der Waals surface area contributed by atoms with Crippen LogP contribution in [0, 0.1) is 5.82 Å². The van der Waals surface area contributed by atoms with Crippen molar-refractivity contribution >= 4 is 23.4 Å². The minimum Gasteiger partial charge on any atom is -0.465 e. The van der Waals surface area contributed by atoms with Crippen LogP contribution in [0.5, 0.6) is 0 Å². The number of halogens is 1. The summed E-state index contributed by atoms with van der Waals surface area (Å²) in [6, 6.07) is 16.4. The van der Waals surface area contributed by atoms with Crippen LogP contribution in [0.1, 0.15) is 26.3 Å². The van der Waals surface area contributed by atoms with Crippen LogP contribution < -0.4 is 10.6 Å². The number of ether oxygens (including phenoxy) is 1. The van der Waals surface area contributed by atoms with Crippen LogP contribution in [0.4, 0.5) is 15.9 Å². The largest absolute Gasteiger partial charge is 0.465 e. The van der Waals surface area contributed by atoms with Crippen molar-refractivity contribution in [3.05, 3.63) is 89.4 Å². The number of carbonyl (C=O) groups excluding carboxylic acids is 2. The molecule has 0 fully saturated rings. The number of esters is 1. The number of anilines is 2. The van der Waals surface area contributed by atoms with Gasteiger partial charge in [-0.1, -0.05) is 18.2 Å². The maximum absolute atomic E-state index is 12.9. The first kappa shape index (κ1) is 20.0. The van der Waals surface area contributed by atoms with E-state index < -0.39 is 5.97 Å². The Morgan fingerprint density at radius 1 is 1.03 bits per heavy atom. The van der Waals surface area contributed by atoms with Gasteiger partial charge in [-0.25, -0.2) is 14.2 Å². The predicted octanol–water partition coefficient (Wildman–Crippen LogP) is 3.72. The van der Waals surface area contributed by atoms with E-state index in [9.17, 15) is 14.0 Å². The fourth-order valence-electron chi connectivity index (χ4n) is 2.67. The average molecular weight is 393 g/mol. The second kappa shape index (κ2) is 9.45. The van der Waals surface area contributed by atoms with E-state index in [1.807, 2.05) is 0 Å². The normalized spacial score (nSPS) is 10.3. The maximum atomic E-state index is 12.9. The molecular formula is C22H20FN3O3. The van der Waals surface area contributed by atoms with Crippen LogP contribution in [-0.2, 0) is 11.2 Å². The summed E-state index contributed by atoms with van der Waals surface area (Å²) in [6.07, 6.45) is 2.08. The fourth-order valence-corrected chi connectivity index (χ4v) is 2.67. The number of nitrogens with zero attached hydrogens (tertiary/aromatic N) is 1. The Morgan fingerprint density at radius 3 is 2.52 bits per heavy atom. The Morgan fingerprint density at radius 2 is 1.83 bits per heavy atom. The van der Waals surface area contributed by atoms with Gasteiger partial charge in [0.2, 0.25) is 0 Å². The number of aromatic nitrogens is 1. The molecule has 2 N–H and O–H groups in total. The van der Waals surface area contributed by atoms with Crippen molar-refractivity contribution in [1.29, 1.82) is 0 Å². The van der Waals surface area contributed by atoms with Gasteiger partial charge in [0.1, 0.15) is 11.6 Å². The van der Waals surface area contributed by atoms with E-state index in [1.165, 1.54) is 25.4 Å². The van der Waals surface area contributed by atoms with Crippen molar-refractivity contribution < 1.29 is 18.7 Å². The Bertz CT molecular complexity index is 989. The Balaban J connectivity index is 1.54. The van der Waals surface area contributed by atoms with Gasteiger partial charge in [-0.2, -0.15) is 0 Å². The first-order valence-electron chi connectivity index (χ1n) is 8.99. The highest BCUT2D eigenvalue weighted by atomic mass is 19.1. The van der Waals surface area contributed by atoms with Gasteiger partial charge in [-0.15, -0.1) is 0 Å². The number of carbonyl (C=O) groups is 2. The lowest BCUT2D eigenvalue weighted by atomic mass is 10.1. The predicted molar refractivity (Wildman–Crippen MR) is 108 cm³/mol. The molecule has 29 heavy (non-hydrogen) atoms. The Kier molecular flexibility index (Phi) is 6.52. The van der Waals surface area contributed by atoms with Crippen molar-refractivity contribution in [2.45, 2.75) is 6.42 Å². The van der Waals surface area contributed by atoms with E-state index in [2.05, 4.69) is 15.6 Å². The molecule has 0 aliphatic rings. The summed E-state index contributed by atoms with van der Waals surface area (Å²) in [5.41, 5.74) is 2.48. The lowest BCUT2D eigenvalue weighted by Crippen LogP contribution is -2.25. The highest BCUT2D eigenvalue weighted by Crippen LogP contribution is 2.17. The summed E-state index contributed by atoms with van der Waals surface area (Å²) in [4.78, 5) is 28.1. The van der Waals surface area contributed by atoms with Crippen molar-refractivity contribution in [3.8, 4) is 0 Å². The minimum absolute atomic E-state index is 0.237. The quantitative estimate of drug-likeness (QED) is 0.598. The molecule has 0 aliphatic heterocycles. The molecule has 0 radical (unpaired) electrons. The maximum Gasteiger partial charge on any atom is 0.337 e. The van der Waals surface area contributed by atoms with Gasteiger partial charge in [-0.05, 0) is 54.4 Å². The van der Waals surface area contributed by atoms with Crippen molar-refractivity contribution in [3.63, 3.8) is 0 Å². The van der Waals surface area contributed by atoms with Gasteiger partial charge in [0, 0.05) is 18.4 Å². The number of hydrogen-bond acceptors (Lipinski definition) is 5. The zero-order valence-electron chi connectivity index (χ0n) is 15.8. The molecule has 1 heterocycles. The second-order valence-corrected chi connectivity index (χ2v) is 6.26. The number of benzene rings is 2. The van der Waals surface area contributed by atoms with Crippen molar-refractivity contribution in [1.82, 2.24) is 10.3 Å². The Labute approximate surface area is 167 Å². The summed E-state index contributed by atoms with van der Waals surface area (Å²) < 4.78 is 17.6. The summed E-state index contributed by atoms with van der Waals surface area (Å²) in [6.45, 7) is 0.435. The van der Waals surface area contributed by atoms with Crippen LogP contribution >= 0.6 is 0 Å². The number of rotatable bonds is 7. The van der Waals surface area contributed by atoms with E-state index in [0.717, 1.165) is 5.56 Å². The van der Waals surface area contributed by atoms with Crippen LogP contribution in [-0.4, -0.2) is 30.5 Å². The van der Waals surface area contributed by atoms with Gasteiger partial charge >= 0.3 is 5.97 Å². The highest BCUT2D eigenvalue weighted by molar-refractivity contribution is 5.94. The third kappa shape index (κ3) is 5.62. The molecular weight excluding hydrogens is 373 g/mol.